The van der Waals surface area contributed by atoms with Crippen molar-refractivity contribution in [1.29, 1.82) is 0 Å². The Labute approximate surface area is 209 Å². The Morgan fingerprint density at radius 2 is 2.03 bits per heavy atom. The molecule has 1 aromatic heterocycles. The van der Waals surface area contributed by atoms with E-state index in [0.717, 1.165) is 37.7 Å². The molecule has 9 heteroatoms. The topological polar surface area (TPSA) is 111 Å². The lowest BCUT2D eigenvalue weighted by molar-refractivity contribution is 0.0688. The van der Waals surface area contributed by atoms with Crippen LogP contribution >= 0.6 is 0 Å². The molecule has 1 heterocycles. The second-order valence-electron chi connectivity index (χ2n) is 9.80. The summed E-state index contributed by atoms with van der Waals surface area (Å²) < 4.78 is 24.9. The number of halogens is 1. The van der Waals surface area contributed by atoms with Gasteiger partial charge in [0.15, 0.2) is 6.73 Å². The van der Waals surface area contributed by atoms with Gasteiger partial charge in [-0.15, -0.1) is 0 Å². The van der Waals surface area contributed by atoms with Crippen LogP contribution in [0.3, 0.4) is 0 Å². The number of hydrogen-bond acceptors (Lipinski definition) is 6. The molecule has 1 aromatic carbocycles. The highest BCUT2D eigenvalue weighted by Crippen LogP contribution is 2.47. The minimum absolute atomic E-state index is 0.0623. The van der Waals surface area contributed by atoms with Crippen LogP contribution in [-0.4, -0.2) is 20.8 Å². The first-order chi connectivity index (χ1) is 17.1. The van der Waals surface area contributed by atoms with E-state index in [0.29, 0.717) is 28.7 Å². The van der Waals surface area contributed by atoms with Crippen molar-refractivity contribution in [3.63, 3.8) is 0 Å². The molecule has 36 heavy (non-hydrogen) atoms. The smallest absolute Gasteiger partial charge is 0.507 e. The predicted octanol–water partition coefficient (Wildman–Crippen LogP) is 5.38. The molecule has 0 amide bonds. The van der Waals surface area contributed by atoms with Crippen molar-refractivity contribution >= 4 is 6.16 Å². The average molecular weight is 503 g/mol. The van der Waals surface area contributed by atoms with Gasteiger partial charge in [0.1, 0.15) is 11.5 Å². The van der Waals surface area contributed by atoms with E-state index in [1.54, 1.807) is 17.1 Å². The van der Waals surface area contributed by atoms with Gasteiger partial charge in [-0.3, -0.25) is 14.3 Å². The van der Waals surface area contributed by atoms with E-state index >= 15 is 0 Å². The lowest BCUT2D eigenvalue weighted by Crippen LogP contribution is -2.32. The van der Waals surface area contributed by atoms with Crippen LogP contribution in [0.1, 0.15) is 76.8 Å². The summed E-state index contributed by atoms with van der Waals surface area (Å²) in [7, 11) is 0. The molecule has 196 valence electrons. The SMILES string of the molecule is CCCCCc1cc(O)c([C@H]2C=C(C)CC[C@@H]2C(C)C)c(OC(=O)OCn2cc(F)c(=O)[nH]c2=O)c1. The van der Waals surface area contributed by atoms with Gasteiger partial charge in [0.05, 0.1) is 6.20 Å². The quantitative estimate of drug-likeness (QED) is 0.206. The van der Waals surface area contributed by atoms with Crippen LogP contribution in [0.2, 0.25) is 0 Å². The number of rotatable bonds is 9. The molecular formula is C27H35FN2O6. The molecule has 0 aliphatic heterocycles. The minimum Gasteiger partial charge on any atom is -0.507 e. The first-order valence-electron chi connectivity index (χ1n) is 12.5. The van der Waals surface area contributed by atoms with Gasteiger partial charge in [-0.2, -0.15) is 4.39 Å². The number of allylic oxidation sites excluding steroid dienone is 2. The lowest BCUT2D eigenvalue weighted by atomic mass is 9.71. The maximum absolute atomic E-state index is 13.5. The first-order valence-corrected chi connectivity index (χ1v) is 12.5. The molecule has 0 fully saturated rings. The van der Waals surface area contributed by atoms with Gasteiger partial charge in [0, 0.05) is 11.5 Å². The van der Waals surface area contributed by atoms with Gasteiger partial charge in [0.2, 0.25) is 5.82 Å². The number of carbonyl (C=O) groups excluding carboxylic acids is 1. The van der Waals surface area contributed by atoms with Crippen molar-refractivity contribution in [3.05, 3.63) is 67.8 Å². The van der Waals surface area contributed by atoms with Gasteiger partial charge in [0.25, 0.3) is 5.56 Å². The summed E-state index contributed by atoms with van der Waals surface area (Å²) >= 11 is 0. The standard InChI is InChI=1S/C27H35FN2O6/c1-5-6-7-8-18-12-22(31)24(20-11-17(4)9-10-19(20)16(2)3)23(13-18)36-27(34)35-15-30-14-21(28)25(32)29-26(30)33/h11-14,16,19-20,31H,5-10,15H2,1-4H3,(H,29,32,33)/t19-,20+/m1/s1. The second-order valence-corrected chi connectivity index (χ2v) is 9.80. The monoisotopic (exact) mass is 502 g/mol. The molecule has 0 unspecified atom stereocenters. The summed E-state index contributed by atoms with van der Waals surface area (Å²) in [6, 6.07) is 3.49. The Hall–Kier alpha value is -3.36. The third kappa shape index (κ3) is 6.65. The number of hydrogen-bond donors (Lipinski definition) is 2. The van der Waals surface area contributed by atoms with Gasteiger partial charge >= 0.3 is 11.8 Å². The van der Waals surface area contributed by atoms with Crippen molar-refractivity contribution in [2.75, 3.05) is 0 Å². The Balaban J connectivity index is 1.92. The fraction of sp³-hybridized carbons (Fsp3) is 0.519. The Morgan fingerprint density at radius 3 is 2.72 bits per heavy atom. The number of carbonyl (C=O) groups is 1. The molecule has 2 aromatic rings. The number of nitrogens with one attached hydrogen (secondary N) is 1. The molecule has 0 radical (unpaired) electrons. The molecule has 2 N–H and O–H groups in total. The van der Waals surface area contributed by atoms with Crippen LogP contribution in [0.4, 0.5) is 9.18 Å². The minimum atomic E-state index is -1.18. The van der Waals surface area contributed by atoms with Crippen molar-refractivity contribution in [1.82, 2.24) is 9.55 Å². The van der Waals surface area contributed by atoms with E-state index in [9.17, 15) is 23.9 Å². The van der Waals surface area contributed by atoms with Crippen molar-refractivity contribution in [3.8, 4) is 11.5 Å². The largest absolute Gasteiger partial charge is 0.515 e. The third-order valence-corrected chi connectivity index (χ3v) is 6.72. The fourth-order valence-electron chi connectivity index (χ4n) is 4.76. The molecular weight excluding hydrogens is 467 g/mol. The Morgan fingerprint density at radius 1 is 1.28 bits per heavy atom. The number of aromatic hydroxyl groups is 1. The molecule has 3 rings (SSSR count). The van der Waals surface area contributed by atoms with Crippen molar-refractivity contribution < 1.29 is 23.8 Å². The maximum Gasteiger partial charge on any atom is 0.515 e. The summed E-state index contributed by atoms with van der Waals surface area (Å²) in [5, 5.41) is 11.1. The summed E-state index contributed by atoms with van der Waals surface area (Å²) in [5.41, 5.74) is 0.485. The average Bonchev–Trinajstić information content (AvgIpc) is 2.80. The zero-order valence-corrected chi connectivity index (χ0v) is 21.3. The molecule has 0 spiro atoms. The van der Waals surface area contributed by atoms with Crippen LogP contribution in [0, 0.1) is 17.7 Å². The maximum atomic E-state index is 13.5. The number of benzene rings is 1. The summed E-state index contributed by atoms with van der Waals surface area (Å²) in [5.74, 6) is -0.489. The number of nitrogens with zero attached hydrogens (tertiary/aromatic N) is 1. The number of phenols is 1. The number of H-pyrrole nitrogens is 1. The number of aromatic amines is 1. The molecule has 8 nitrogen and oxygen atoms in total. The molecule has 1 aliphatic carbocycles. The van der Waals surface area contributed by atoms with E-state index < -0.39 is 30.0 Å². The highest BCUT2D eigenvalue weighted by Gasteiger charge is 2.32. The molecule has 2 atom stereocenters. The van der Waals surface area contributed by atoms with E-state index in [2.05, 4.69) is 33.8 Å². The number of aromatic nitrogens is 2. The zero-order valence-electron chi connectivity index (χ0n) is 21.3. The van der Waals surface area contributed by atoms with Crippen LogP contribution in [0.15, 0.2) is 39.6 Å². The van der Waals surface area contributed by atoms with E-state index in [-0.39, 0.29) is 23.3 Å². The summed E-state index contributed by atoms with van der Waals surface area (Å²) in [6.45, 7) is 7.78. The highest BCUT2D eigenvalue weighted by molar-refractivity contribution is 5.66. The predicted molar refractivity (Wildman–Crippen MR) is 134 cm³/mol. The Kier molecular flexibility index (Phi) is 9.12. The fourth-order valence-corrected chi connectivity index (χ4v) is 4.76. The summed E-state index contributed by atoms with van der Waals surface area (Å²) in [4.78, 5) is 37.5. The normalized spacial score (nSPS) is 17.7. The van der Waals surface area contributed by atoms with Gasteiger partial charge in [-0.25, -0.2) is 9.59 Å². The van der Waals surface area contributed by atoms with Crippen LogP contribution in [0.25, 0.3) is 0 Å². The third-order valence-electron chi connectivity index (χ3n) is 6.72. The number of unbranched alkanes of at least 4 members (excludes halogenated alkanes) is 2. The first kappa shape index (κ1) is 27.2. The summed E-state index contributed by atoms with van der Waals surface area (Å²) in [6.07, 6.45) is 7.31. The van der Waals surface area contributed by atoms with Gasteiger partial charge in [-0.05, 0) is 62.1 Å². The second kappa shape index (κ2) is 12.1. The van der Waals surface area contributed by atoms with Crippen molar-refractivity contribution in [2.24, 2.45) is 11.8 Å². The molecule has 1 aliphatic rings. The van der Waals surface area contributed by atoms with Crippen LogP contribution in [-0.2, 0) is 17.9 Å². The number of ether oxygens (including phenoxy) is 2. The van der Waals surface area contributed by atoms with Crippen LogP contribution < -0.4 is 16.0 Å². The van der Waals surface area contributed by atoms with E-state index in [1.807, 2.05) is 0 Å². The Bertz CT molecular complexity index is 1230. The molecule has 0 saturated carbocycles. The number of phenolic OH excluding ortho intramolecular Hbond substituents is 1. The van der Waals surface area contributed by atoms with Crippen LogP contribution in [0.5, 0.6) is 11.5 Å². The van der Waals surface area contributed by atoms with Gasteiger partial charge < -0.3 is 14.6 Å². The highest BCUT2D eigenvalue weighted by atomic mass is 19.1. The van der Waals surface area contributed by atoms with E-state index in [1.165, 1.54) is 5.57 Å². The molecule has 0 bridgehead atoms. The number of aryl methyl sites for hydroxylation is 1. The van der Waals surface area contributed by atoms with E-state index in [4.69, 9.17) is 9.47 Å². The van der Waals surface area contributed by atoms with Crippen molar-refractivity contribution in [2.45, 2.75) is 78.9 Å². The van der Waals surface area contributed by atoms with Gasteiger partial charge in [-0.1, -0.05) is 45.3 Å². The molecule has 0 saturated heterocycles. The lowest BCUT2D eigenvalue weighted by Gasteiger charge is -2.34. The zero-order chi connectivity index (χ0) is 26.4.